The van der Waals surface area contributed by atoms with Crippen LogP contribution in [-0.4, -0.2) is 29.6 Å². The molecule has 1 aliphatic carbocycles. The molecule has 1 heterocycles. The van der Waals surface area contributed by atoms with E-state index in [-0.39, 0.29) is 17.7 Å². The summed E-state index contributed by atoms with van der Waals surface area (Å²) in [5.41, 5.74) is 1.74. The van der Waals surface area contributed by atoms with E-state index in [0.29, 0.717) is 5.75 Å². The van der Waals surface area contributed by atoms with Crippen molar-refractivity contribution in [3.63, 3.8) is 0 Å². The summed E-state index contributed by atoms with van der Waals surface area (Å²) in [4.78, 5) is 28.8. The molecule has 7 heteroatoms. The fraction of sp³-hybridized carbons (Fsp3) is 0.421. The van der Waals surface area contributed by atoms with Gasteiger partial charge in [0.1, 0.15) is 10.7 Å². The third kappa shape index (κ3) is 4.86. The standard InChI is InChI=1S/C19H23N3O2S2/c1-20-15(23)12-25-19-21-16(13-8-4-2-5-9-13)18(26-19)22-17(24)14-10-6-3-7-11-14/h2,4-5,8-9,14H,3,6-7,10-12H2,1H3,(H,20,23)(H,22,24). The van der Waals surface area contributed by atoms with Gasteiger partial charge in [0.05, 0.1) is 5.75 Å². The van der Waals surface area contributed by atoms with Crippen molar-refractivity contribution in [2.45, 2.75) is 36.4 Å². The zero-order valence-electron chi connectivity index (χ0n) is 14.8. The number of benzene rings is 1. The van der Waals surface area contributed by atoms with E-state index < -0.39 is 0 Å². The fourth-order valence-electron chi connectivity index (χ4n) is 3.02. The Kier molecular flexibility index (Phi) is 6.68. The van der Waals surface area contributed by atoms with Gasteiger partial charge < -0.3 is 10.6 Å². The molecule has 2 amide bonds. The monoisotopic (exact) mass is 389 g/mol. The van der Waals surface area contributed by atoms with Crippen LogP contribution in [0, 0.1) is 5.92 Å². The van der Waals surface area contributed by atoms with E-state index in [2.05, 4.69) is 15.6 Å². The van der Waals surface area contributed by atoms with E-state index in [9.17, 15) is 9.59 Å². The minimum atomic E-state index is -0.0424. The average Bonchev–Trinajstić information content (AvgIpc) is 3.10. The number of rotatable bonds is 6. The number of carbonyl (C=O) groups excluding carboxylic acids is 2. The van der Waals surface area contributed by atoms with Crippen LogP contribution < -0.4 is 10.6 Å². The van der Waals surface area contributed by atoms with Gasteiger partial charge in [0.25, 0.3) is 0 Å². The van der Waals surface area contributed by atoms with Crippen LogP contribution in [0.5, 0.6) is 0 Å². The molecule has 0 unspecified atom stereocenters. The van der Waals surface area contributed by atoms with Gasteiger partial charge in [-0.05, 0) is 12.8 Å². The lowest BCUT2D eigenvalue weighted by Gasteiger charge is -2.20. The minimum absolute atomic E-state index is 0.0424. The Hall–Kier alpha value is -1.86. The highest BCUT2D eigenvalue weighted by Crippen LogP contribution is 2.38. The largest absolute Gasteiger partial charge is 0.358 e. The maximum atomic E-state index is 12.7. The maximum Gasteiger partial charge on any atom is 0.230 e. The number of hydrogen-bond donors (Lipinski definition) is 2. The predicted octanol–water partition coefficient (Wildman–Crippen LogP) is 4.17. The highest BCUT2D eigenvalue weighted by Gasteiger charge is 2.23. The summed E-state index contributed by atoms with van der Waals surface area (Å²) in [6.45, 7) is 0. The van der Waals surface area contributed by atoms with Crippen LogP contribution in [0.15, 0.2) is 34.7 Å². The molecule has 0 aliphatic heterocycles. The number of amides is 2. The Morgan fingerprint density at radius 2 is 1.92 bits per heavy atom. The lowest BCUT2D eigenvalue weighted by molar-refractivity contribution is -0.120. The van der Waals surface area contributed by atoms with Gasteiger partial charge in [-0.15, -0.1) is 0 Å². The van der Waals surface area contributed by atoms with Crippen LogP contribution in [0.3, 0.4) is 0 Å². The summed E-state index contributed by atoms with van der Waals surface area (Å²) in [5.74, 6) is 0.456. The van der Waals surface area contributed by atoms with Crippen LogP contribution in [0.2, 0.25) is 0 Å². The molecule has 1 aliphatic rings. The SMILES string of the molecule is CNC(=O)CSc1nc(-c2ccccc2)c(NC(=O)C2CCCCC2)s1. The number of aromatic nitrogens is 1. The van der Waals surface area contributed by atoms with E-state index in [1.807, 2.05) is 30.3 Å². The average molecular weight is 390 g/mol. The Balaban J connectivity index is 1.80. The van der Waals surface area contributed by atoms with E-state index in [1.54, 1.807) is 7.05 Å². The molecule has 2 N–H and O–H groups in total. The number of thiazole rings is 1. The zero-order chi connectivity index (χ0) is 18.4. The van der Waals surface area contributed by atoms with Crippen molar-refractivity contribution < 1.29 is 9.59 Å². The van der Waals surface area contributed by atoms with E-state index >= 15 is 0 Å². The summed E-state index contributed by atoms with van der Waals surface area (Å²) in [7, 11) is 1.62. The first kappa shape index (κ1) is 18.9. The summed E-state index contributed by atoms with van der Waals surface area (Å²) in [6, 6.07) is 9.84. The normalized spacial score (nSPS) is 14.8. The van der Waals surface area contributed by atoms with Crippen molar-refractivity contribution in [1.82, 2.24) is 10.3 Å². The molecule has 138 valence electrons. The molecule has 1 fully saturated rings. The molecule has 0 atom stereocenters. The first-order valence-corrected chi connectivity index (χ1v) is 10.7. The molecule has 26 heavy (non-hydrogen) atoms. The maximum absolute atomic E-state index is 12.7. The number of hydrogen-bond acceptors (Lipinski definition) is 5. The van der Waals surface area contributed by atoms with Gasteiger partial charge in [0, 0.05) is 18.5 Å². The second-order valence-corrected chi connectivity index (χ2v) is 8.53. The molecule has 1 saturated carbocycles. The zero-order valence-corrected chi connectivity index (χ0v) is 16.4. The Bertz CT molecular complexity index is 755. The van der Waals surface area contributed by atoms with Gasteiger partial charge in [-0.1, -0.05) is 72.7 Å². The Labute approximate surface area is 162 Å². The van der Waals surface area contributed by atoms with Crippen molar-refractivity contribution in [3.8, 4) is 11.3 Å². The number of thioether (sulfide) groups is 1. The summed E-state index contributed by atoms with van der Waals surface area (Å²) < 4.78 is 0.784. The second kappa shape index (κ2) is 9.19. The molecule has 1 aromatic heterocycles. The topological polar surface area (TPSA) is 71.1 Å². The Morgan fingerprint density at radius 3 is 2.62 bits per heavy atom. The number of nitrogens with one attached hydrogen (secondary N) is 2. The molecule has 0 bridgehead atoms. The number of nitrogens with zero attached hydrogens (tertiary/aromatic N) is 1. The van der Waals surface area contributed by atoms with Gasteiger partial charge in [-0.2, -0.15) is 0 Å². The van der Waals surface area contributed by atoms with Crippen molar-refractivity contribution >= 4 is 39.9 Å². The molecule has 3 rings (SSSR count). The van der Waals surface area contributed by atoms with Crippen LogP contribution in [0.4, 0.5) is 5.00 Å². The smallest absolute Gasteiger partial charge is 0.230 e. The van der Waals surface area contributed by atoms with Gasteiger partial charge >= 0.3 is 0 Å². The molecule has 0 radical (unpaired) electrons. The van der Waals surface area contributed by atoms with Crippen molar-refractivity contribution in [1.29, 1.82) is 0 Å². The van der Waals surface area contributed by atoms with Gasteiger partial charge in [-0.25, -0.2) is 4.98 Å². The third-order valence-electron chi connectivity index (χ3n) is 4.47. The molecule has 1 aromatic carbocycles. The van der Waals surface area contributed by atoms with Crippen molar-refractivity contribution in [2.75, 3.05) is 18.1 Å². The Morgan fingerprint density at radius 1 is 1.19 bits per heavy atom. The summed E-state index contributed by atoms with van der Waals surface area (Å²) in [5, 5.41) is 6.48. The van der Waals surface area contributed by atoms with Gasteiger partial charge in [-0.3, -0.25) is 9.59 Å². The van der Waals surface area contributed by atoms with Gasteiger partial charge in [0.15, 0.2) is 4.34 Å². The highest BCUT2D eigenvalue weighted by atomic mass is 32.2. The van der Waals surface area contributed by atoms with Crippen LogP contribution in [-0.2, 0) is 9.59 Å². The summed E-state index contributed by atoms with van der Waals surface area (Å²) in [6.07, 6.45) is 5.39. The lowest BCUT2D eigenvalue weighted by atomic mass is 9.89. The fourth-order valence-corrected chi connectivity index (χ4v) is 4.96. The first-order chi connectivity index (χ1) is 12.7. The number of carbonyl (C=O) groups is 2. The molecular formula is C19H23N3O2S2. The minimum Gasteiger partial charge on any atom is -0.358 e. The number of anilines is 1. The highest BCUT2D eigenvalue weighted by molar-refractivity contribution is 8.01. The molecule has 5 nitrogen and oxygen atoms in total. The van der Waals surface area contributed by atoms with E-state index in [4.69, 9.17) is 0 Å². The quantitative estimate of drug-likeness (QED) is 0.728. The third-order valence-corrected chi connectivity index (χ3v) is 6.59. The van der Waals surface area contributed by atoms with Crippen LogP contribution in [0.25, 0.3) is 11.3 Å². The molecule has 2 aromatic rings. The predicted molar refractivity (Wildman–Crippen MR) is 108 cm³/mol. The molecule has 0 saturated heterocycles. The van der Waals surface area contributed by atoms with Crippen molar-refractivity contribution in [3.05, 3.63) is 30.3 Å². The summed E-state index contributed by atoms with van der Waals surface area (Å²) >= 11 is 2.83. The van der Waals surface area contributed by atoms with Crippen LogP contribution in [0.1, 0.15) is 32.1 Å². The van der Waals surface area contributed by atoms with E-state index in [1.165, 1.54) is 29.5 Å². The lowest BCUT2D eigenvalue weighted by Crippen LogP contribution is -2.24. The van der Waals surface area contributed by atoms with Crippen LogP contribution >= 0.6 is 23.1 Å². The van der Waals surface area contributed by atoms with Crippen molar-refractivity contribution in [2.24, 2.45) is 5.92 Å². The second-order valence-electron chi connectivity index (χ2n) is 6.31. The molecular weight excluding hydrogens is 366 g/mol. The van der Waals surface area contributed by atoms with Gasteiger partial charge in [0.2, 0.25) is 11.8 Å². The van der Waals surface area contributed by atoms with E-state index in [0.717, 1.165) is 46.3 Å². The first-order valence-electron chi connectivity index (χ1n) is 8.88. The molecule has 0 spiro atoms.